The van der Waals surface area contributed by atoms with E-state index in [2.05, 4.69) is 41.9 Å². The zero-order valence-corrected chi connectivity index (χ0v) is 18.5. The molecule has 0 saturated heterocycles. The molecular weight excluding hydrogens is 414 g/mol. The number of anilines is 1. The minimum Gasteiger partial charge on any atom is -0.441 e. The van der Waals surface area contributed by atoms with E-state index in [0.29, 0.717) is 17.2 Å². The van der Waals surface area contributed by atoms with Crippen LogP contribution in [0.1, 0.15) is 50.7 Å². The molecule has 2 atom stereocenters. The number of carbonyl (C=O) groups is 2. The highest BCUT2D eigenvalue weighted by molar-refractivity contribution is 6.06. The average Bonchev–Trinajstić information content (AvgIpc) is 3.24. The van der Waals surface area contributed by atoms with Crippen LogP contribution in [0, 0.1) is 23.7 Å². The Morgan fingerprint density at radius 2 is 1.94 bits per heavy atom. The summed E-state index contributed by atoms with van der Waals surface area (Å²) in [5.74, 6) is -0.445. The summed E-state index contributed by atoms with van der Waals surface area (Å²) >= 11 is 0. The first-order valence-corrected chi connectivity index (χ1v) is 10.4. The third kappa shape index (κ3) is 5.16. The first-order valence-electron chi connectivity index (χ1n) is 10.4. The molecule has 0 radical (unpaired) electrons. The summed E-state index contributed by atoms with van der Waals surface area (Å²) in [4.78, 5) is 35.5. The summed E-state index contributed by atoms with van der Waals surface area (Å²) in [6.07, 6.45) is 2.92. The van der Waals surface area contributed by atoms with Gasteiger partial charge in [-0.3, -0.25) is 15.5 Å². The number of carbonyl (C=O) groups excluding carboxylic acids is 2. The van der Waals surface area contributed by atoms with Crippen molar-refractivity contribution in [2.45, 2.75) is 47.1 Å². The number of hydrogen-bond donors (Lipinski definition) is 3. The number of alkyl carbamates (subject to hydrolysis) is 1. The van der Waals surface area contributed by atoms with E-state index in [4.69, 9.17) is 14.6 Å². The van der Waals surface area contributed by atoms with Gasteiger partial charge in [0.25, 0.3) is 5.91 Å². The van der Waals surface area contributed by atoms with Crippen molar-refractivity contribution < 1.29 is 23.2 Å². The summed E-state index contributed by atoms with van der Waals surface area (Å²) in [6, 6.07) is 6.55. The van der Waals surface area contributed by atoms with E-state index in [9.17, 15) is 14.4 Å². The van der Waals surface area contributed by atoms with Crippen LogP contribution < -0.4 is 16.5 Å². The SMILES string of the molecule is CCC1(C)C=C(C(=O)Nc2ccc(C(=N)NC(=O)OCc3oc(=O)oc3C)cc2)C[C@@H]1C. The van der Waals surface area contributed by atoms with Gasteiger partial charge in [-0.25, -0.2) is 9.59 Å². The van der Waals surface area contributed by atoms with Gasteiger partial charge in [0.2, 0.25) is 0 Å². The maximum atomic E-state index is 12.6. The van der Waals surface area contributed by atoms with Crippen LogP contribution in [0.5, 0.6) is 0 Å². The van der Waals surface area contributed by atoms with Crippen LogP contribution in [0.4, 0.5) is 10.5 Å². The fourth-order valence-electron chi connectivity index (χ4n) is 3.55. The fourth-order valence-corrected chi connectivity index (χ4v) is 3.55. The van der Waals surface area contributed by atoms with Gasteiger partial charge >= 0.3 is 11.9 Å². The van der Waals surface area contributed by atoms with E-state index in [1.807, 2.05) is 0 Å². The van der Waals surface area contributed by atoms with Gasteiger partial charge in [0.15, 0.2) is 18.1 Å². The number of ether oxygens (including phenoxy) is 1. The minimum atomic E-state index is -0.878. The van der Waals surface area contributed by atoms with Gasteiger partial charge < -0.3 is 18.9 Å². The van der Waals surface area contributed by atoms with E-state index >= 15 is 0 Å². The number of amidine groups is 1. The highest BCUT2D eigenvalue weighted by atomic mass is 16.6. The Morgan fingerprint density at radius 3 is 2.50 bits per heavy atom. The molecule has 1 heterocycles. The number of aryl methyl sites for hydroxylation is 1. The molecule has 1 aromatic carbocycles. The second-order valence-electron chi connectivity index (χ2n) is 8.18. The lowest BCUT2D eigenvalue weighted by Crippen LogP contribution is -2.31. The lowest BCUT2D eigenvalue weighted by molar-refractivity contribution is -0.113. The zero-order valence-electron chi connectivity index (χ0n) is 18.5. The molecule has 2 aromatic rings. The zero-order chi connectivity index (χ0) is 23.5. The van der Waals surface area contributed by atoms with Crippen molar-refractivity contribution in [3.05, 3.63) is 63.6 Å². The number of rotatable bonds is 6. The van der Waals surface area contributed by atoms with Crippen LogP contribution in [0.15, 0.2) is 49.5 Å². The molecule has 0 saturated carbocycles. The molecule has 9 heteroatoms. The highest BCUT2D eigenvalue weighted by Crippen LogP contribution is 2.43. The van der Waals surface area contributed by atoms with Gasteiger partial charge in [0.1, 0.15) is 5.84 Å². The molecule has 170 valence electrons. The molecule has 3 N–H and O–H groups in total. The Hall–Kier alpha value is -3.62. The van der Waals surface area contributed by atoms with E-state index in [-0.39, 0.29) is 35.3 Å². The van der Waals surface area contributed by atoms with Gasteiger partial charge in [0, 0.05) is 16.8 Å². The minimum absolute atomic E-state index is 0.0353. The number of benzene rings is 1. The van der Waals surface area contributed by atoms with Crippen LogP contribution in [-0.2, 0) is 16.1 Å². The summed E-state index contributed by atoms with van der Waals surface area (Å²) in [5, 5.41) is 13.2. The predicted molar refractivity (Wildman–Crippen MR) is 117 cm³/mol. The van der Waals surface area contributed by atoms with Gasteiger partial charge in [-0.1, -0.05) is 26.8 Å². The van der Waals surface area contributed by atoms with Crippen molar-refractivity contribution in [1.29, 1.82) is 5.41 Å². The Bertz CT molecular complexity index is 1110. The summed E-state index contributed by atoms with van der Waals surface area (Å²) in [7, 11) is 0. The Morgan fingerprint density at radius 1 is 1.25 bits per heavy atom. The summed E-state index contributed by atoms with van der Waals surface area (Å²) in [5.41, 5.74) is 1.84. The van der Waals surface area contributed by atoms with Crippen LogP contribution in [-0.4, -0.2) is 17.8 Å². The van der Waals surface area contributed by atoms with Crippen LogP contribution in [0.25, 0.3) is 0 Å². The highest BCUT2D eigenvalue weighted by Gasteiger charge is 2.35. The molecule has 1 unspecified atom stereocenters. The van der Waals surface area contributed by atoms with Gasteiger partial charge in [-0.05, 0) is 55.4 Å². The quantitative estimate of drug-likeness (QED) is 0.456. The van der Waals surface area contributed by atoms with Crippen molar-refractivity contribution in [1.82, 2.24) is 5.32 Å². The lowest BCUT2D eigenvalue weighted by atomic mass is 9.79. The third-order valence-electron chi connectivity index (χ3n) is 6.04. The first kappa shape index (κ1) is 23.1. The number of allylic oxidation sites excluding steroid dienone is 1. The summed E-state index contributed by atoms with van der Waals surface area (Å²) < 4.78 is 14.4. The smallest absolute Gasteiger partial charge is 0.441 e. The number of amides is 2. The molecule has 1 aliphatic carbocycles. The maximum absolute atomic E-state index is 12.6. The molecule has 3 rings (SSSR count). The topological polar surface area (TPSA) is 135 Å². The molecule has 2 amide bonds. The van der Waals surface area contributed by atoms with E-state index in [1.54, 1.807) is 24.3 Å². The molecule has 0 bridgehead atoms. The number of hydrogen-bond acceptors (Lipinski definition) is 7. The van der Waals surface area contributed by atoms with E-state index < -0.39 is 11.9 Å². The van der Waals surface area contributed by atoms with Gasteiger partial charge in [-0.2, -0.15) is 0 Å². The maximum Gasteiger partial charge on any atom is 0.519 e. The standard InChI is InChI=1S/C23H27N3O6/c1-5-23(4)11-16(10-13(23)2)20(27)25-17-8-6-15(7-9-17)19(24)26-21(28)30-12-18-14(3)31-22(29)32-18/h6-9,11,13H,5,10,12H2,1-4H3,(H,25,27)(H2,24,26,28)/t13-,23?/m0/s1. The van der Waals surface area contributed by atoms with Crippen molar-refractivity contribution >= 4 is 23.5 Å². The van der Waals surface area contributed by atoms with Crippen molar-refractivity contribution in [2.24, 2.45) is 11.3 Å². The molecule has 9 nitrogen and oxygen atoms in total. The summed E-state index contributed by atoms with van der Waals surface area (Å²) in [6.45, 7) is 7.66. The number of nitrogens with one attached hydrogen (secondary N) is 3. The largest absolute Gasteiger partial charge is 0.519 e. The van der Waals surface area contributed by atoms with E-state index in [1.165, 1.54) is 6.92 Å². The first-order chi connectivity index (χ1) is 15.1. The van der Waals surface area contributed by atoms with Crippen LogP contribution >= 0.6 is 0 Å². The van der Waals surface area contributed by atoms with Crippen molar-refractivity contribution in [3.63, 3.8) is 0 Å². The Balaban J connectivity index is 1.53. The van der Waals surface area contributed by atoms with E-state index in [0.717, 1.165) is 18.4 Å². The van der Waals surface area contributed by atoms with Crippen molar-refractivity contribution in [3.8, 4) is 0 Å². The van der Waals surface area contributed by atoms with Gasteiger partial charge in [0.05, 0.1) is 0 Å². The molecule has 0 spiro atoms. The molecule has 0 fully saturated rings. The average molecular weight is 441 g/mol. The Kier molecular flexibility index (Phi) is 6.67. The monoisotopic (exact) mass is 441 g/mol. The second kappa shape index (κ2) is 9.25. The molecule has 1 aromatic heterocycles. The fraction of sp³-hybridized carbons (Fsp3) is 0.391. The molecular formula is C23H27N3O6. The molecule has 0 aliphatic heterocycles. The predicted octanol–water partition coefficient (Wildman–Crippen LogP) is 4.11. The van der Waals surface area contributed by atoms with Gasteiger partial charge in [-0.15, -0.1) is 0 Å². The molecule has 32 heavy (non-hydrogen) atoms. The third-order valence-corrected chi connectivity index (χ3v) is 6.04. The normalized spacial score (nSPS) is 19.9. The second-order valence-corrected chi connectivity index (χ2v) is 8.18. The van der Waals surface area contributed by atoms with Crippen LogP contribution in [0.3, 0.4) is 0 Å². The van der Waals surface area contributed by atoms with Crippen LogP contribution in [0.2, 0.25) is 0 Å². The van der Waals surface area contributed by atoms with Crippen molar-refractivity contribution in [2.75, 3.05) is 5.32 Å². The lowest BCUT2D eigenvalue weighted by Gasteiger charge is -2.25. The Labute approximate surface area is 185 Å². The molecule has 1 aliphatic rings.